The fourth-order valence-corrected chi connectivity index (χ4v) is 3.77. The Morgan fingerprint density at radius 2 is 2.08 bits per heavy atom. The van der Waals surface area contributed by atoms with Crippen LogP contribution in [-0.4, -0.2) is 31.1 Å². The van der Waals surface area contributed by atoms with Crippen molar-refractivity contribution in [2.24, 2.45) is 0 Å². The Morgan fingerprint density at radius 1 is 1.23 bits per heavy atom. The highest BCUT2D eigenvalue weighted by Crippen LogP contribution is 2.38. The molecule has 3 aromatic rings. The molecule has 0 aliphatic heterocycles. The van der Waals surface area contributed by atoms with Crippen LogP contribution >= 0.6 is 11.3 Å². The summed E-state index contributed by atoms with van der Waals surface area (Å²) in [5.74, 6) is 0.375. The first-order chi connectivity index (χ1) is 12.7. The monoisotopic (exact) mass is 370 g/mol. The van der Waals surface area contributed by atoms with Crippen molar-refractivity contribution in [3.8, 4) is 0 Å². The molecule has 26 heavy (non-hydrogen) atoms. The molecule has 0 unspecified atom stereocenters. The summed E-state index contributed by atoms with van der Waals surface area (Å²) in [4.78, 5) is 24.4. The van der Waals surface area contributed by atoms with Crippen LogP contribution in [0, 0.1) is 0 Å². The summed E-state index contributed by atoms with van der Waals surface area (Å²) >= 11 is 1.45. The highest BCUT2D eigenvalue weighted by Gasteiger charge is 2.23. The first kappa shape index (κ1) is 16.8. The number of carbonyl (C=O) groups excluding carboxylic acids is 1. The molecule has 134 valence electrons. The maximum absolute atomic E-state index is 12.3. The number of rotatable bonds is 6. The Morgan fingerprint density at radius 3 is 2.88 bits per heavy atom. The zero-order valence-electron chi connectivity index (χ0n) is 14.1. The van der Waals surface area contributed by atoms with Crippen LogP contribution in [0.3, 0.4) is 0 Å². The molecule has 0 bridgehead atoms. The van der Waals surface area contributed by atoms with Crippen molar-refractivity contribution in [3.63, 3.8) is 0 Å². The van der Waals surface area contributed by atoms with E-state index in [0.717, 1.165) is 17.8 Å². The first-order valence-electron chi connectivity index (χ1n) is 8.66. The summed E-state index contributed by atoms with van der Waals surface area (Å²) in [6.07, 6.45) is 4.32. The molecule has 1 amide bonds. The zero-order chi connectivity index (χ0) is 17.9. The van der Waals surface area contributed by atoms with Crippen LogP contribution < -0.4 is 10.9 Å². The number of nitrogens with one attached hydrogen (secondary N) is 1. The summed E-state index contributed by atoms with van der Waals surface area (Å²) < 4.78 is 1.30. The number of aromatic nitrogens is 5. The van der Waals surface area contributed by atoms with Gasteiger partial charge in [-0.1, -0.05) is 35.1 Å². The van der Waals surface area contributed by atoms with Gasteiger partial charge in [0.05, 0.1) is 5.39 Å². The predicted molar refractivity (Wildman–Crippen MR) is 98.2 cm³/mol. The molecule has 0 radical (unpaired) electrons. The van der Waals surface area contributed by atoms with Gasteiger partial charge in [-0.2, -0.15) is 0 Å². The lowest BCUT2D eigenvalue weighted by atomic mass is 9.86. The van der Waals surface area contributed by atoms with Gasteiger partial charge in [-0.25, -0.2) is 4.68 Å². The molecule has 1 fully saturated rings. The Kier molecular flexibility index (Phi) is 4.70. The van der Waals surface area contributed by atoms with Gasteiger partial charge < -0.3 is 5.32 Å². The van der Waals surface area contributed by atoms with Crippen molar-refractivity contribution in [1.29, 1.82) is 0 Å². The first-order valence-corrected chi connectivity index (χ1v) is 9.48. The summed E-state index contributed by atoms with van der Waals surface area (Å²) in [7, 11) is 0. The highest BCUT2D eigenvalue weighted by molar-refractivity contribution is 7.15. The van der Waals surface area contributed by atoms with Crippen LogP contribution in [0.4, 0.5) is 5.13 Å². The maximum Gasteiger partial charge on any atom is 0.277 e. The number of anilines is 1. The SMILES string of the molecule is O=C(CCCn1nnc2ccccc2c1=O)Nc1nnc(C2CCC2)s1. The standard InChI is InChI=1S/C17H18N6O2S/c24-14(18-17-21-20-15(26-17)11-5-3-6-11)9-4-10-23-16(25)12-7-1-2-8-13(12)19-22-23/h1-2,7-8,11H,3-6,9-10H2,(H,18,21,24). The number of nitrogens with zero attached hydrogens (tertiary/aromatic N) is 5. The third-order valence-corrected chi connectivity index (χ3v) is 5.55. The Balaban J connectivity index is 1.31. The smallest absolute Gasteiger partial charge is 0.277 e. The van der Waals surface area contributed by atoms with E-state index in [2.05, 4.69) is 25.8 Å². The van der Waals surface area contributed by atoms with Crippen molar-refractivity contribution in [1.82, 2.24) is 25.2 Å². The van der Waals surface area contributed by atoms with Gasteiger partial charge in [0.15, 0.2) is 0 Å². The molecular weight excluding hydrogens is 352 g/mol. The van der Waals surface area contributed by atoms with Crippen molar-refractivity contribution in [2.45, 2.75) is 44.6 Å². The van der Waals surface area contributed by atoms with Gasteiger partial charge in [0.2, 0.25) is 11.0 Å². The van der Waals surface area contributed by atoms with Crippen molar-refractivity contribution in [2.75, 3.05) is 5.32 Å². The minimum Gasteiger partial charge on any atom is -0.301 e. The molecule has 2 aromatic heterocycles. The van der Waals surface area contributed by atoms with Gasteiger partial charge in [0, 0.05) is 18.9 Å². The van der Waals surface area contributed by atoms with E-state index in [-0.39, 0.29) is 17.9 Å². The van der Waals surface area contributed by atoms with Crippen molar-refractivity contribution < 1.29 is 4.79 Å². The van der Waals surface area contributed by atoms with Gasteiger partial charge in [0.25, 0.3) is 5.56 Å². The normalized spacial score (nSPS) is 14.3. The van der Waals surface area contributed by atoms with Crippen LogP contribution in [0.15, 0.2) is 29.1 Å². The summed E-state index contributed by atoms with van der Waals surface area (Å²) in [6, 6.07) is 7.09. The molecule has 0 atom stereocenters. The van der Waals surface area contributed by atoms with Gasteiger partial charge in [0.1, 0.15) is 10.5 Å². The molecule has 1 N–H and O–H groups in total. The van der Waals surface area contributed by atoms with E-state index in [4.69, 9.17) is 0 Å². The number of carbonyl (C=O) groups is 1. The Hall–Kier alpha value is -2.68. The second kappa shape index (κ2) is 7.28. The molecule has 0 spiro atoms. The van der Waals surface area contributed by atoms with Gasteiger partial charge in [-0.05, 0) is 31.4 Å². The summed E-state index contributed by atoms with van der Waals surface area (Å²) in [5.41, 5.74) is 0.385. The van der Waals surface area contributed by atoms with Gasteiger partial charge in [-0.3, -0.25) is 9.59 Å². The maximum atomic E-state index is 12.3. The lowest BCUT2D eigenvalue weighted by Crippen LogP contribution is -2.25. The summed E-state index contributed by atoms with van der Waals surface area (Å²) in [5, 5.41) is 21.0. The van der Waals surface area contributed by atoms with Gasteiger partial charge >= 0.3 is 0 Å². The fourth-order valence-electron chi connectivity index (χ4n) is 2.85. The number of benzene rings is 1. The molecule has 2 heterocycles. The van der Waals surface area contributed by atoms with E-state index in [1.54, 1.807) is 18.2 Å². The molecule has 1 aromatic carbocycles. The molecule has 0 saturated heterocycles. The Bertz CT molecular complexity index is 994. The number of hydrogen-bond acceptors (Lipinski definition) is 7. The predicted octanol–water partition coefficient (Wildman–Crippen LogP) is 2.33. The topological polar surface area (TPSA) is 103 Å². The van der Waals surface area contributed by atoms with Gasteiger partial charge in [-0.15, -0.1) is 15.3 Å². The third kappa shape index (κ3) is 3.48. The van der Waals surface area contributed by atoms with Crippen LogP contribution in [0.25, 0.3) is 10.9 Å². The van der Waals surface area contributed by atoms with Crippen LogP contribution in [-0.2, 0) is 11.3 Å². The molecule has 1 aliphatic rings. The molecule has 4 rings (SSSR count). The van der Waals surface area contributed by atoms with E-state index < -0.39 is 0 Å². The highest BCUT2D eigenvalue weighted by atomic mass is 32.1. The Labute approximate surface area is 153 Å². The number of hydrogen-bond donors (Lipinski definition) is 1. The largest absolute Gasteiger partial charge is 0.301 e. The minimum absolute atomic E-state index is 0.136. The molecule has 1 saturated carbocycles. The van der Waals surface area contributed by atoms with Crippen molar-refractivity contribution in [3.05, 3.63) is 39.6 Å². The zero-order valence-corrected chi connectivity index (χ0v) is 14.9. The average Bonchev–Trinajstić information content (AvgIpc) is 3.03. The van der Waals surface area contributed by atoms with E-state index in [0.29, 0.717) is 34.9 Å². The fraction of sp³-hybridized carbons (Fsp3) is 0.412. The number of aryl methyl sites for hydroxylation is 1. The molecule has 1 aliphatic carbocycles. The van der Waals surface area contributed by atoms with Crippen LogP contribution in [0.1, 0.15) is 43.0 Å². The summed E-state index contributed by atoms with van der Waals surface area (Å²) in [6.45, 7) is 0.341. The quantitative estimate of drug-likeness (QED) is 0.714. The average molecular weight is 370 g/mol. The van der Waals surface area contributed by atoms with E-state index in [1.165, 1.54) is 22.4 Å². The second-order valence-corrected chi connectivity index (χ2v) is 7.37. The minimum atomic E-state index is -0.190. The molecule has 9 heteroatoms. The number of fused-ring (bicyclic) bond motifs is 1. The third-order valence-electron chi connectivity index (χ3n) is 4.54. The second-order valence-electron chi connectivity index (χ2n) is 6.36. The molecule has 8 nitrogen and oxygen atoms in total. The van der Waals surface area contributed by atoms with E-state index >= 15 is 0 Å². The number of amides is 1. The lowest BCUT2D eigenvalue weighted by molar-refractivity contribution is -0.116. The van der Waals surface area contributed by atoms with Crippen LogP contribution in [0.2, 0.25) is 0 Å². The molecular formula is C17H18N6O2S. The lowest BCUT2D eigenvalue weighted by Gasteiger charge is -2.21. The van der Waals surface area contributed by atoms with E-state index in [9.17, 15) is 9.59 Å². The van der Waals surface area contributed by atoms with E-state index in [1.807, 2.05) is 6.07 Å². The van der Waals surface area contributed by atoms with Crippen molar-refractivity contribution >= 4 is 33.3 Å². The van der Waals surface area contributed by atoms with Crippen LogP contribution in [0.5, 0.6) is 0 Å².